The SMILES string of the molecule is C=CC1=C(C(=O)O)N2C(=O)[C@@H](NC(=O)/C(=N\O)c3csc(N)n3)[C@H]2SC1.O=S(=O)(O)O.[KH]. The van der Waals surface area contributed by atoms with Crippen molar-refractivity contribution in [1.29, 1.82) is 0 Å². The molecule has 1 fully saturated rings. The van der Waals surface area contributed by atoms with Crippen LogP contribution >= 0.6 is 23.1 Å². The van der Waals surface area contributed by atoms with E-state index in [4.69, 9.17) is 28.5 Å². The van der Waals surface area contributed by atoms with Crippen LogP contribution < -0.4 is 11.1 Å². The number of anilines is 1. The van der Waals surface area contributed by atoms with Crippen LogP contribution in [0.2, 0.25) is 0 Å². The van der Waals surface area contributed by atoms with Crippen molar-refractivity contribution in [2.45, 2.75) is 11.4 Å². The summed E-state index contributed by atoms with van der Waals surface area (Å²) in [5, 5.41) is 24.9. The quantitative estimate of drug-likeness (QED) is 0.0635. The first-order valence-electron chi connectivity index (χ1n) is 7.86. The van der Waals surface area contributed by atoms with Gasteiger partial charge in [-0.3, -0.25) is 23.6 Å². The first-order valence-corrected chi connectivity index (χ1v) is 11.2. The number of β-lactam (4-membered cyclic amide) rings is 1. The number of hydrogen-bond donors (Lipinski definition) is 6. The van der Waals surface area contributed by atoms with Crippen LogP contribution in [0.5, 0.6) is 0 Å². The van der Waals surface area contributed by atoms with E-state index in [1.54, 1.807) is 0 Å². The molecule has 2 aliphatic rings. The second-order valence-corrected chi connectivity index (χ2v) is 8.60. The molecule has 0 radical (unpaired) electrons. The molecule has 32 heavy (non-hydrogen) atoms. The van der Waals surface area contributed by atoms with E-state index in [9.17, 15) is 19.5 Å². The zero-order chi connectivity index (χ0) is 23.5. The maximum atomic E-state index is 12.4. The van der Waals surface area contributed by atoms with Gasteiger partial charge >= 0.3 is 67.8 Å². The average Bonchev–Trinajstić information content (AvgIpc) is 3.09. The number of carboxylic acid groups (broad SMARTS) is 1. The van der Waals surface area contributed by atoms with Gasteiger partial charge in [0.1, 0.15) is 22.8 Å². The fourth-order valence-electron chi connectivity index (χ4n) is 2.62. The van der Waals surface area contributed by atoms with Crippen molar-refractivity contribution in [3.8, 4) is 0 Å². The number of nitrogens with two attached hydrogens (primary N) is 1. The van der Waals surface area contributed by atoms with Gasteiger partial charge < -0.3 is 21.4 Å². The minimum atomic E-state index is -4.67. The molecule has 3 heterocycles. The van der Waals surface area contributed by atoms with Gasteiger partial charge in [0.25, 0.3) is 11.8 Å². The molecule has 18 heteroatoms. The number of oxime groups is 1. The number of nitrogens with zero attached hydrogens (tertiary/aromatic N) is 3. The van der Waals surface area contributed by atoms with E-state index in [1.807, 2.05) is 0 Å². The molecule has 0 unspecified atom stereocenters. The Hall–Kier alpha value is -1.35. The second-order valence-electron chi connectivity index (χ2n) is 5.71. The third kappa shape index (κ3) is 6.82. The van der Waals surface area contributed by atoms with Gasteiger partial charge in [0.2, 0.25) is 0 Å². The van der Waals surface area contributed by atoms with Crippen LogP contribution in [0.25, 0.3) is 0 Å². The molecule has 14 nitrogen and oxygen atoms in total. The number of hydrogen-bond acceptors (Lipinski definition) is 11. The van der Waals surface area contributed by atoms with Crippen LogP contribution in [0.15, 0.2) is 34.5 Å². The van der Waals surface area contributed by atoms with Crippen molar-refractivity contribution >= 4 is 114 Å². The molecule has 1 aromatic rings. The van der Waals surface area contributed by atoms with Gasteiger partial charge in [-0.1, -0.05) is 17.8 Å². The number of aromatic nitrogens is 1. The number of aliphatic carboxylic acids is 1. The second kappa shape index (κ2) is 11.7. The van der Waals surface area contributed by atoms with Crippen LogP contribution in [0.3, 0.4) is 0 Å². The van der Waals surface area contributed by atoms with E-state index >= 15 is 0 Å². The van der Waals surface area contributed by atoms with Crippen molar-refractivity contribution in [1.82, 2.24) is 15.2 Å². The summed E-state index contributed by atoms with van der Waals surface area (Å²) in [7, 11) is -4.67. The Bertz CT molecular complexity index is 1090. The minimum absolute atomic E-state index is 0. The fourth-order valence-corrected chi connectivity index (χ4v) is 4.51. The molecule has 7 N–H and O–H groups in total. The summed E-state index contributed by atoms with van der Waals surface area (Å²) in [5.74, 6) is -2.27. The zero-order valence-electron chi connectivity index (χ0n) is 15.2. The molecular formula is C14H16KN5O9S3. The Morgan fingerprint density at radius 3 is 2.44 bits per heavy atom. The third-order valence-electron chi connectivity index (χ3n) is 3.81. The molecule has 2 aliphatic heterocycles. The normalized spacial score (nSPS) is 20.1. The fraction of sp³-hybridized carbons (Fsp3) is 0.214. The summed E-state index contributed by atoms with van der Waals surface area (Å²) >= 11 is 2.37. The molecule has 0 saturated carbocycles. The maximum absolute atomic E-state index is 12.4. The van der Waals surface area contributed by atoms with Gasteiger partial charge in [-0.05, 0) is 5.57 Å². The van der Waals surface area contributed by atoms with E-state index in [-0.39, 0.29) is 73.6 Å². The molecule has 0 aromatic carbocycles. The summed E-state index contributed by atoms with van der Waals surface area (Å²) < 4.78 is 31.6. The molecule has 2 atom stereocenters. The predicted molar refractivity (Wildman–Crippen MR) is 116 cm³/mol. The number of thioether (sulfide) groups is 1. The molecule has 0 spiro atoms. The standard InChI is InChI=1S/C14H13N5O5S2.K.H2O4S.H/c1-2-5-3-25-12-8(11(21)19(12)9(5)13(22)23)17-10(20)7(18-24)6-4-26-14(15)16-6;;1-5(2,3)4;/h2,4,8,12,24H,1,3H2,(H2,15,16)(H,17,20)(H,22,23);;(H2,1,2,3,4);/b18-7-;;;/t8-,12-;;;/m1.../s1. The average molecular weight is 534 g/mol. The van der Waals surface area contributed by atoms with Crippen molar-refractivity contribution in [2.24, 2.45) is 5.16 Å². The Labute approximate surface area is 231 Å². The van der Waals surface area contributed by atoms with Crippen LogP contribution in [-0.2, 0) is 24.8 Å². The molecule has 3 rings (SSSR count). The third-order valence-corrected chi connectivity index (χ3v) is 5.79. The number of thiazole rings is 1. The van der Waals surface area contributed by atoms with E-state index in [0.29, 0.717) is 11.3 Å². The molecular weight excluding hydrogens is 517 g/mol. The summed E-state index contributed by atoms with van der Waals surface area (Å²) in [5.41, 5.74) is 5.49. The number of nitrogens with one attached hydrogen (secondary N) is 1. The Balaban J connectivity index is 0.000000770. The van der Waals surface area contributed by atoms with Crippen molar-refractivity contribution in [3.63, 3.8) is 0 Å². The van der Waals surface area contributed by atoms with Gasteiger partial charge in [0.05, 0.1) is 0 Å². The Morgan fingerprint density at radius 1 is 1.41 bits per heavy atom. The van der Waals surface area contributed by atoms with Gasteiger partial charge in [0.15, 0.2) is 10.8 Å². The Morgan fingerprint density at radius 2 is 2.00 bits per heavy atom. The number of amides is 2. The number of carbonyl (C=O) groups excluding carboxylic acids is 2. The van der Waals surface area contributed by atoms with E-state index in [1.165, 1.54) is 23.2 Å². The number of carbonyl (C=O) groups is 3. The molecule has 0 aliphatic carbocycles. The number of allylic oxidation sites excluding steroid dienone is 1. The molecule has 2 amide bonds. The number of nitrogen functional groups attached to an aromatic ring is 1. The number of carboxylic acids is 1. The van der Waals surface area contributed by atoms with E-state index < -0.39 is 39.6 Å². The van der Waals surface area contributed by atoms with Gasteiger partial charge in [-0.2, -0.15) is 8.42 Å². The van der Waals surface area contributed by atoms with Crippen LogP contribution in [-0.4, -0.2) is 130 Å². The van der Waals surface area contributed by atoms with Crippen LogP contribution in [0, 0.1) is 0 Å². The molecule has 1 aromatic heterocycles. The predicted octanol–water partition coefficient (Wildman–Crippen LogP) is -1.47. The molecule has 170 valence electrons. The molecule has 0 bridgehead atoms. The van der Waals surface area contributed by atoms with Gasteiger partial charge in [0, 0.05) is 11.1 Å². The number of fused-ring (bicyclic) bond motifs is 1. The summed E-state index contributed by atoms with van der Waals surface area (Å²) in [6, 6.07) is -0.944. The zero-order valence-corrected chi connectivity index (χ0v) is 17.6. The van der Waals surface area contributed by atoms with Gasteiger partial charge in [-0.15, -0.1) is 23.1 Å². The van der Waals surface area contributed by atoms with Crippen molar-refractivity contribution in [3.05, 3.63) is 35.0 Å². The van der Waals surface area contributed by atoms with Crippen LogP contribution in [0.1, 0.15) is 5.69 Å². The summed E-state index contributed by atoms with van der Waals surface area (Å²) in [6.07, 6.45) is 1.40. The summed E-state index contributed by atoms with van der Waals surface area (Å²) in [6.45, 7) is 3.56. The first kappa shape index (κ1) is 28.7. The van der Waals surface area contributed by atoms with Crippen molar-refractivity contribution < 1.29 is 42.2 Å². The van der Waals surface area contributed by atoms with Crippen molar-refractivity contribution in [2.75, 3.05) is 11.5 Å². The monoisotopic (exact) mass is 533 g/mol. The number of rotatable bonds is 5. The summed E-state index contributed by atoms with van der Waals surface area (Å²) in [4.78, 5) is 41.2. The van der Waals surface area contributed by atoms with E-state index in [0.717, 1.165) is 16.2 Å². The first-order chi connectivity index (χ1) is 14.4. The Kier molecular flexibility index (Phi) is 10.5. The van der Waals surface area contributed by atoms with Crippen LogP contribution in [0.4, 0.5) is 5.13 Å². The van der Waals surface area contributed by atoms with Gasteiger partial charge in [-0.25, -0.2) is 9.78 Å². The molecule has 1 saturated heterocycles. The topological polar surface area (TPSA) is 233 Å². The van der Waals surface area contributed by atoms with E-state index in [2.05, 4.69) is 22.0 Å².